The van der Waals surface area contributed by atoms with Crippen molar-refractivity contribution in [2.75, 3.05) is 0 Å². The molecule has 0 saturated heterocycles. The standard InChI is InChI=1S/C14H13BrN2O3/c1-10-3-2-4-12(16-10)9-20-14-6-5-13(17(18)19)7-11(14)8-15/h2-7H,8-9H2,1H3. The Bertz CT molecular complexity index is 632. The number of aromatic nitrogens is 1. The average molecular weight is 337 g/mol. The minimum absolute atomic E-state index is 0.0560. The Balaban J connectivity index is 2.15. The van der Waals surface area contributed by atoms with Crippen molar-refractivity contribution in [2.24, 2.45) is 0 Å². The second-order valence-electron chi connectivity index (χ2n) is 4.24. The summed E-state index contributed by atoms with van der Waals surface area (Å²) in [6.07, 6.45) is 0. The predicted octanol–water partition coefficient (Wildman–Crippen LogP) is 3.77. The van der Waals surface area contributed by atoms with Gasteiger partial charge in [-0.1, -0.05) is 22.0 Å². The summed E-state index contributed by atoms with van der Waals surface area (Å²) in [5.74, 6) is 0.621. The molecule has 2 aromatic rings. The van der Waals surface area contributed by atoms with E-state index < -0.39 is 4.92 Å². The Labute approximate surface area is 124 Å². The maximum absolute atomic E-state index is 10.7. The quantitative estimate of drug-likeness (QED) is 0.473. The molecule has 0 aliphatic heterocycles. The number of nitrogens with zero attached hydrogens (tertiary/aromatic N) is 2. The third-order valence-corrected chi connectivity index (χ3v) is 3.32. The number of nitro groups is 1. The summed E-state index contributed by atoms with van der Waals surface area (Å²) in [6, 6.07) is 10.3. The normalized spacial score (nSPS) is 10.3. The van der Waals surface area contributed by atoms with Crippen molar-refractivity contribution in [3.63, 3.8) is 0 Å². The first-order valence-corrected chi connectivity index (χ1v) is 7.11. The Morgan fingerprint density at radius 2 is 2.15 bits per heavy atom. The van der Waals surface area contributed by atoms with Crippen molar-refractivity contribution < 1.29 is 9.66 Å². The van der Waals surface area contributed by atoms with Gasteiger partial charge in [0.25, 0.3) is 5.69 Å². The molecule has 0 bridgehead atoms. The molecule has 0 aliphatic carbocycles. The van der Waals surface area contributed by atoms with Gasteiger partial charge in [0, 0.05) is 28.7 Å². The largest absolute Gasteiger partial charge is 0.487 e. The third-order valence-electron chi connectivity index (χ3n) is 2.72. The van der Waals surface area contributed by atoms with Crippen molar-refractivity contribution in [3.8, 4) is 5.75 Å². The molecule has 1 aromatic heterocycles. The molecule has 0 aliphatic rings. The number of benzene rings is 1. The van der Waals surface area contributed by atoms with E-state index in [0.29, 0.717) is 17.7 Å². The topological polar surface area (TPSA) is 65.3 Å². The summed E-state index contributed by atoms with van der Waals surface area (Å²) in [5.41, 5.74) is 2.55. The van der Waals surface area contributed by atoms with Crippen LogP contribution in [0.4, 0.5) is 5.69 Å². The van der Waals surface area contributed by atoms with Crippen LogP contribution in [0.1, 0.15) is 17.0 Å². The lowest BCUT2D eigenvalue weighted by atomic mass is 10.2. The molecule has 0 N–H and O–H groups in total. The van der Waals surface area contributed by atoms with E-state index in [2.05, 4.69) is 20.9 Å². The minimum Gasteiger partial charge on any atom is -0.487 e. The second-order valence-corrected chi connectivity index (χ2v) is 4.80. The Morgan fingerprint density at radius 1 is 1.35 bits per heavy atom. The van der Waals surface area contributed by atoms with Crippen LogP contribution in [0, 0.1) is 17.0 Å². The van der Waals surface area contributed by atoms with Crippen LogP contribution in [0.15, 0.2) is 36.4 Å². The van der Waals surface area contributed by atoms with Crippen molar-refractivity contribution in [3.05, 3.63) is 63.5 Å². The fraction of sp³-hybridized carbons (Fsp3) is 0.214. The SMILES string of the molecule is Cc1cccc(COc2ccc([N+](=O)[O-])cc2CBr)n1. The zero-order valence-electron chi connectivity index (χ0n) is 10.9. The van der Waals surface area contributed by atoms with Gasteiger partial charge >= 0.3 is 0 Å². The predicted molar refractivity (Wildman–Crippen MR) is 79.0 cm³/mol. The van der Waals surface area contributed by atoms with E-state index in [0.717, 1.165) is 17.0 Å². The Kier molecular flexibility index (Phi) is 4.68. The summed E-state index contributed by atoms with van der Waals surface area (Å²) >= 11 is 3.31. The molecule has 1 aromatic carbocycles. The molecule has 0 fully saturated rings. The molecule has 5 nitrogen and oxygen atoms in total. The lowest BCUT2D eigenvalue weighted by molar-refractivity contribution is -0.384. The summed E-state index contributed by atoms with van der Waals surface area (Å²) in [6.45, 7) is 2.25. The number of pyridine rings is 1. The summed E-state index contributed by atoms with van der Waals surface area (Å²) in [7, 11) is 0. The van der Waals surface area contributed by atoms with E-state index >= 15 is 0 Å². The van der Waals surface area contributed by atoms with Gasteiger partial charge in [0.2, 0.25) is 0 Å². The monoisotopic (exact) mass is 336 g/mol. The van der Waals surface area contributed by atoms with Crippen LogP contribution in [0.5, 0.6) is 5.75 Å². The van der Waals surface area contributed by atoms with E-state index in [-0.39, 0.29) is 5.69 Å². The summed E-state index contributed by atoms with van der Waals surface area (Å²) in [5, 5.41) is 11.2. The lowest BCUT2D eigenvalue weighted by Crippen LogP contribution is -2.01. The maximum atomic E-state index is 10.7. The third kappa shape index (κ3) is 3.54. The zero-order chi connectivity index (χ0) is 14.5. The van der Waals surface area contributed by atoms with Crippen LogP contribution in [-0.4, -0.2) is 9.91 Å². The van der Waals surface area contributed by atoms with E-state index in [1.54, 1.807) is 6.07 Å². The van der Waals surface area contributed by atoms with Gasteiger partial charge in [0.15, 0.2) is 0 Å². The number of hydrogen-bond acceptors (Lipinski definition) is 4. The fourth-order valence-electron chi connectivity index (χ4n) is 1.76. The molecule has 0 radical (unpaired) electrons. The summed E-state index contributed by atoms with van der Waals surface area (Å²) in [4.78, 5) is 14.7. The molecule has 2 rings (SSSR count). The van der Waals surface area contributed by atoms with Gasteiger partial charge in [0.1, 0.15) is 12.4 Å². The molecule has 20 heavy (non-hydrogen) atoms. The summed E-state index contributed by atoms with van der Waals surface area (Å²) < 4.78 is 5.69. The van der Waals surface area contributed by atoms with Crippen LogP contribution in [-0.2, 0) is 11.9 Å². The van der Waals surface area contributed by atoms with E-state index in [4.69, 9.17) is 4.74 Å². The van der Waals surface area contributed by atoms with Crippen molar-refractivity contribution in [1.29, 1.82) is 0 Å². The van der Waals surface area contributed by atoms with Gasteiger partial charge in [-0.15, -0.1) is 0 Å². The maximum Gasteiger partial charge on any atom is 0.270 e. The molecule has 0 amide bonds. The van der Waals surface area contributed by atoms with Gasteiger partial charge in [-0.2, -0.15) is 0 Å². The molecule has 0 saturated carbocycles. The molecule has 0 unspecified atom stereocenters. The van der Waals surface area contributed by atoms with E-state index in [1.807, 2.05) is 25.1 Å². The van der Waals surface area contributed by atoms with Crippen molar-refractivity contribution in [2.45, 2.75) is 18.9 Å². The van der Waals surface area contributed by atoms with Gasteiger partial charge in [-0.25, -0.2) is 0 Å². The highest BCUT2D eigenvalue weighted by atomic mass is 79.9. The number of halogens is 1. The lowest BCUT2D eigenvalue weighted by Gasteiger charge is -2.09. The smallest absolute Gasteiger partial charge is 0.270 e. The first kappa shape index (κ1) is 14.5. The number of nitro benzene ring substituents is 1. The number of alkyl halides is 1. The highest BCUT2D eigenvalue weighted by Crippen LogP contribution is 2.26. The number of non-ortho nitro benzene ring substituents is 1. The van der Waals surface area contributed by atoms with E-state index in [9.17, 15) is 10.1 Å². The molecule has 0 spiro atoms. The zero-order valence-corrected chi connectivity index (χ0v) is 12.5. The Morgan fingerprint density at radius 3 is 2.80 bits per heavy atom. The van der Waals surface area contributed by atoms with Crippen LogP contribution in [0.3, 0.4) is 0 Å². The number of aryl methyl sites for hydroxylation is 1. The molecule has 104 valence electrons. The number of hydrogen-bond donors (Lipinski definition) is 0. The van der Waals surface area contributed by atoms with Crippen LogP contribution < -0.4 is 4.74 Å². The van der Waals surface area contributed by atoms with Crippen molar-refractivity contribution in [1.82, 2.24) is 4.98 Å². The van der Waals surface area contributed by atoms with Crippen molar-refractivity contribution >= 4 is 21.6 Å². The molecule has 0 atom stereocenters. The first-order valence-electron chi connectivity index (χ1n) is 5.99. The number of rotatable bonds is 5. The Hall–Kier alpha value is -1.95. The van der Waals surface area contributed by atoms with Crippen LogP contribution >= 0.6 is 15.9 Å². The highest BCUT2D eigenvalue weighted by Gasteiger charge is 2.11. The van der Waals surface area contributed by atoms with Gasteiger partial charge < -0.3 is 4.74 Å². The second kappa shape index (κ2) is 6.47. The van der Waals surface area contributed by atoms with Gasteiger partial charge in [0.05, 0.1) is 10.6 Å². The molecular formula is C14H13BrN2O3. The minimum atomic E-state index is -0.419. The first-order chi connectivity index (χ1) is 9.60. The average Bonchev–Trinajstić information content (AvgIpc) is 2.45. The van der Waals surface area contributed by atoms with Crippen LogP contribution in [0.2, 0.25) is 0 Å². The van der Waals surface area contributed by atoms with Crippen LogP contribution in [0.25, 0.3) is 0 Å². The fourth-order valence-corrected chi connectivity index (χ4v) is 2.19. The number of ether oxygens (including phenoxy) is 1. The van der Waals surface area contributed by atoms with Gasteiger partial charge in [-0.05, 0) is 25.1 Å². The molecule has 1 heterocycles. The highest BCUT2D eigenvalue weighted by molar-refractivity contribution is 9.08. The van der Waals surface area contributed by atoms with E-state index in [1.165, 1.54) is 12.1 Å². The molecular weight excluding hydrogens is 324 g/mol. The van der Waals surface area contributed by atoms with Gasteiger partial charge in [-0.3, -0.25) is 15.1 Å². The molecule has 6 heteroatoms.